The molecule has 0 fully saturated rings. The lowest BCUT2D eigenvalue weighted by atomic mass is 9.89. The summed E-state index contributed by atoms with van der Waals surface area (Å²) in [5.74, 6) is -1.10. The van der Waals surface area contributed by atoms with Crippen LogP contribution in [0, 0.1) is 11.8 Å². The third-order valence-electron chi connectivity index (χ3n) is 4.23. The monoisotopic (exact) mass is 429 g/mol. The first-order chi connectivity index (χ1) is 12.3. The van der Waals surface area contributed by atoms with Crippen LogP contribution in [0.1, 0.15) is 45.1 Å². The number of Topliss-reactive ketones (excluding diaryl/α,β-unsaturated/α-hetero) is 1. The standard InChI is InChI=1S/C20H31N3O3.2H2S/c1-14(2)11-16(20(22)26)13-18(24)17(9-6-10-21)23-19(25)12-15-7-4-3-5-8-15;;/h3-5,7-8,14,16-17H,6,9-13,21H2,1-2H3,(H2,22,26)(H,23,25);2*1H2/t16-,17+;;/m1../s1. The number of primary amides is 1. The summed E-state index contributed by atoms with van der Waals surface area (Å²) in [6.45, 7) is 4.39. The summed E-state index contributed by atoms with van der Waals surface area (Å²) in [5.41, 5.74) is 11.9. The van der Waals surface area contributed by atoms with Crippen LogP contribution in [0.15, 0.2) is 30.3 Å². The molecule has 0 heterocycles. The normalized spacial score (nSPS) is 12.3. The predicted octanol–water partition coefficient (Wildman–Crippen LogP) is 1.79. The first-order valence-corrected chi connectivity index (χ1v) is 9.18. The number of carbonyl (C=O) groups excluding carboxylic acids is 3. The van der Waals surface area contributed by atoms with E-state index in [-0.39, 0.29) is 57.4 Å². The molecule has 160 valence electrons. The van der Waals surface area contributed by atoms with Gasteiger partial charge >= 0.3 is 0 Å². The molecule has 0 saturated heterocycles. The van der Waals surface area contributed by atoms with Crippen LogP contribution in [-0.4, -0.2) is 30.2 Å². The lowest BCUT2D eigenvalue weighted by molar-refractivity contribution is -0.131. The van der Waals surface area contributed by atoms with E-state index >= 15 is 0 Å². The van der Waals surface area contributed by atoms with Gasteiger partial charge in [-0.3, -0.25) is 14.4 Å². The van der Waals surface area contributed by atoms with Gasteiger partial charge in [-0.2, -0.15) is 27.0 Å². The molecule has 1 aromatic carbocycles. The van der Waals surface area contributed by atoms with Crippen LogP contribution in [0.5, 0.6) is 0 Å². The van der Waals surface area contributed by atoms with Gasteiger partial charge in [-0.1, -0.05) is 44.2 Å². The SMILES string of the molecule is CC(C)C[C@H](CC(=O)[C@H](CCCN)NC(=O)Cc1ccccc1)C(N)=O.S.S. The third kappa shape index (κ3) is 11.4. The molecular formula is C20H35N3O3S2. The van der Waals surface area contributed by atoms with Crippen molar-refractivity contribution in [1.29, 1.82) is 0 Å². The van der Waals surface area contributed by atoms with Crippen LogP contribution in [0.4, 0.5) is 0 Å². The third-order valence-corrected chi connectivity index (χ3v) is 4.23. The molecule has 1 aromatic rings. The van der Waals surface area contributed by atoms with Crippen molar-refractivity contribution >= 4 is 44.6 Å². The minimum atomic E-state index is -0.635. The maximum Gasteiger partial charge on any atom is 0.224 e. The van der Waals surface area contributed by atoms with E-state index in [9.17, 15) is 14.4 Å². The molecule has 0 aliphatic rings. The number of rotatable bonds is 12. The Kier molecular flexibility index (Phi) is 15.8. The highest BCUT2D eigenvalue weighted by Gasteiger charge is 2.26. The topological polar surface area (TPSA) is 115 Å². The number of ketones is 1. The molecule has 0 saturated carbocycles. The second kappa shape index (κ2) is 15.4. The van der Waals surface area contributed by atoms with E-state index in [1.807, 2.05) is 44.2 Å². The number of carbonyl (C=O) groups is 3. The van der Waals surface area contributed by atoms with E-state index in [1.54, 1.807) is 0 Å². The Hall–Kier alpha value is -1.51. The zero-order chi connectivity index (χ0) is 19.5. The summed E-state index contributed by atoms with van der Waals surface area (Å²) in [6.07, 6.45) is 1.89. The van der Waals surface area contributed by atoms with Gasteiger partial charge in [-0.05, 0) is 37.3 Å². The van der Waals surface area contributed by atoms with Gasteiger partial charge in [0.1, 0.15) is 0 Å². The lowest BCUT2D eigenvalue weighted by Crippen LogP contribution is -2.43. The summed E-state index contributed by atoms with van der Waals surface area (Å²) in [7, 11) is 0. The predicted molar refractivity (Wildman–Crippen MR) is 123 cm³/mol. The zero-order valence-electron chi connectivity index (χ0n) is 16.7. The van der Waals surface area contributed by atoms with Crippen molar-refractivity contribution in [2.24, 2.45) is 23.3 Å². The largest absolute Gasteiger partial charge is 0.369 e. The molecule has 6 nitrogen and oxygen atoms in total. The van der Waals surface area contributed by atoms with Crippen LogP contribution < -0.4 is 16.8 Å². The lowest BCUT2D eigenvalue weighted by Gasteiger charge is -2.21. The van der Waals surface area contributed by atoms with Gasteiger partial charge in [0.25, 0.3) is 0 Å². The van der Waals surface area contributed by atoms with Gasteiger partial charge in [-0.15, -0.1) is 0 Å². The molecular weight excluding hydrogens is 394 g/mol. The molecule has 8 heteroatoms. The minimum Gasteiger partial charge on any atom is -0.369 e. The zero-order valence-corrected chi connectivity index (χ0v) is 18.7. The highest BCUT2D eigenvalue weighted by molar-refractivity contribution is 7.59. The van der Waals surface area contributed by atoms with Crippen molar-refractivity contribution in [2.45, 2.75) is 52.0 Å². The molecule has 0 aromatic heterocycles. The minimum absolute atomic E-state index is 0. The van der Waals surface area contributed by atoms with Crippen molar-refractivity contribution in [3.63, 3.8) is 0 Å². The summed E-state index contributed by atoms with van der Waals surface area (Å²) in [4.78, 5) is 36.6. The van der Waals surface area contributed by atoms with Crippen molar-refractivity contribution in [3.8, 4) is 0 Å². The maximum atomic E-state index is 12.7. The molecule has 0 spiro atoms. The maximum absolute atomic E-state index is 12.7. The fourth-order valence-electron chi connectivity index (χ4n) is 2.92. The summed E-state index contributed by atoms with van der Waals surface area (Å²) >= 11 is 0. The average molecular weight is 430 g/mol. The Morgan fingerprint density at radius 1 is 1.07 bits per heavy atom. The van der Waals surface area contributed by atoms with Crippen LogP contribution in [0.25, 0.3) is 0 Å². The number of nitrogens with one attached hydrogen (secondary N) is 1. The number of hydrogen-bond acceptors (Lipinski definition) is 4. The van der Waals surface area contributed by atoms with E-state index in [0.717, 1.165) is 5.56 Å². The molecule has 0 aliphatic carbocycles. The smallest absolute Gasteiger partial charge is 0.224 e. The van der Waals surface area contributed by atoms with E-state index in [4.69, 9.17) is 11.5 Å². The van der Waals surface area contributed by atoms with Crippen LogP contribution in [-0.2, 0) is 20.8 Å². The molecule has 0 unspecified atom stereocenters. The van der Waals surface area contributed by atoms with E-state index < -0.39 is 17.9 Å². The second-order valence-electron chi connectivity index (χ2n) is 7.11. The summed E-state index contributed by atoms with van der Waals surface area (Å²) in [6, 6.07) is 8.70. The molecule has 0 bridgehead atoms. The van der Waals surface area contributed by atoms with E-state index in [2.05, 4.69) is 5.32 Å². The fourth-order valence-corrected chi connectivity index (χ4v) is 2.92. The molecule has 2 atom stereocenters. The van der Waals surface area contributed by atoms with E-state index in [0.29, 0.717) is 25.8 Å². The van der Waals surface area contributed by atoms with Gasteiger partial charge in [-0.25, -0.2) is 0 Å². The molecule has 28 heavy (non-hydrogen) atoms. The second-order valence-corrected chi connectivity index (χ2v) is 7.11. The molecule has 2 amide bonds. The van der Waals surface area contributed by atoms with Crippen molar-refractivity contribution < 1.29 is 14.4 Å². The number of benzene rings is 1. The molecule has 0 aliphatic heterocycles. The Morgan fingerprint density at radius 2 is 1.68 bits per heavy atom. The fraction of sp³-hybridized carbons (Fsp3) is 0.550. The molecule has 0 radical (unpaired) electrons. The van der Waals surface area contributed by atoms with Crippen LogP contribution >= 0.6 is 27.0 Å². The van der Waals surface area contributed by atoms with Gasteiger partial charge in [0.15, 0.2) is 5.78 Å². The Bertz CT molecular complexity index is 598. The average Bonchev–Trinajstić information content (AvgIpc) is 2.58. The van der Waals surface area contributed by atoms with Gasteiger partial charge in [0, 0.05) is 12.3 Å². The summed E-state index contributed by atoms with van der Waals surface area (Å²) < 4.78 is 0. The number of amides is 2. The van der Waals surface area contributed by atoms with Crippen molar-refractivity contribution in [1.82, 2.24) is 5.32 Å². The Morgan fingerprint density at radius 3 is 2.18 bits per heavy atom. The number of nitrogens with two attached hydrogens (primary N) is 2. The molecule has 1 rings (SSSR count). The van der Waals surface area contributed by atoms with Crippen molar-refractivity contribution in [2.75, 3.05) is 6.54 Å². The van der Waals surface area contributed by atoms with Gasteiger partial charge in [0.05, 0.1) is 12.5 Å². The van der Waals surface area contributed by atoms with Crippen molar-refractivity contribution in [3.05, 3.63) is 35.9 Å². The van der Waals surface area contributed by atoms with E-state index in [1.165, 1.54) is 0 Å². The first-order valence-electron chi connectivity index (χ1n) is 9.18. The highest BCUT2D eigenvalue weighted by Crippen LogP contribution is 2.17. The van der Waals surface area contributed by atoms with Crippen LogP contribution in [0.2, 0.25) is 0 Å². The summed E-state index contributed by atoms with van der Waals surface area (Å²) in [5, 5.41) is 2.80. The first kappa shape index (κ1) is 28.7. The Labute approximate surface area is 182 Å². The van der Waals surface area contributed by atoms with Crippen LogP contribution in [0.3, 0.4) is 0 Å². The van der Waals surface area contributed by atoms with Gasteiger partial charge < -0.3 is 16.8 Å². The quantitative estimate of drug-likeness (QED) is 0.470. The highest BCUT2D eigenvalue weighted by atomic mass is 32.1. The Balaban J connectivity index is 0. The van der Waals surface area contributed by atoms with Gasteiger partial charge in [0.2, 0.25) is 11.8 Å². The molecule has 5 N–H and O–H groups in total. The number of hydrogen-bond donors (Lipinski definition) is 3.